The lowest BCUT2D eigenvalue weighted by Gasteiger charge is -2.26. The number of amides is 8. The van der Waals surface area contributed by atoms with Gasteiger partial charge in [0, 0.05) is 108 Å². The highest BCUT2D eigenvalue weighted by atomic mass is 35.5. The SMILES string of the molecule is C1CCNCC1.Cl.Cl.Cl.Cl.O=C(NCCCl)Oc1ccc(CCCCc2ccc(OC(=O)NCCCl)c(OC(=O)NCCCl)c2)cc1OC(=O)NCCCl.O=C(NCCN1CCCCC1)Oc1ccc(CCCCc2ccc(OC(=O)NCCN3CCCCC3)c(OC(=O)NCCN3CCCCC3)c2)cc1OC(=O)NCCN1CCCCC1.O=C=NCCCl.Oc1ccc(CCCCc2ccc(O)c(O)c2)cc1O. The zero-order valence-electron chi connectivity index (χ0n) is 81.8. The molecule has 35 nitrogen and oxygen atoms in total. The second-order valence-corrected chi connectivity index (χ2v) is 35.6. The van der Waals surface area contributed by atoms with Crippen LogP contribution >= 0.6 is 108 Å². The minimum Gasteiger partial charge on any atom is -0.504 e. The molecule has 6 aromatic rings. The molecular formula is C100H145Cl9N14O21. The number of aryl methyl sites for hydroxylation is 6. The van der Waals surface area contributed by atoms with Crippen molar-refractivity contribution in [1.82, 2.24) is 67.5 Å². The average Bonchev–Trinajstić information content (AvgIpc) is 0.859. The monoisotopic (exact) mass is 2190 g/mol. The zero-order chi connectivity index (χ0) is 100. The lowest BCUT2D eigenvalue weighted by Crippen LogP contribution is -2.39. The fourth-order valence-electron chi connectivity index (χ4n) is 15.5. The topological polar surface area (TPSA) is 442 Å². The number of hydrogen-bond donors (Lipinski definition) is 13. The second kappa shape index (κ2) is 78.7. The molecule has 6 aromatic carbocycles. The Bertz CT molecular complexity index is 4450. The number of ether oxygens (including phenoxy) is 8. The molecule has 144 heavy (non-hydrogen) atoms. The molecule has 0 saturated carbocycles. The van der Waals surface area contributed by atoms with Crippen LogP contribution in [0.4, 0.5) is 38.4 Å². The molecule has 0 atom stereocenters. The molecule has 0 unspecified atom stereocenters. The average molecular weight is 2200 g/mol. The highest BCUT2D eigenvalue weighted by molar-refractivity contribution is 6.19. The van der Waals surface area contributed by atoms with Crippen molar-refractivity contribution in [1.29, 1.82) is 0 Å². The maximum atomic E-state index is 13.0. The van der Waals surface area contributed by atoms with Gasteiger partial charge in [-0.05, 0) is 313 Å². The van der Waals surface area contributed by atoms with Crippen LogP contribution in [0.3, 0.4) is 0 Å². The maximum Gasteiger partial charge on any atom is 0.412 e. The van der Waals surface area contributed by atoms with Crippen LogP contribution in [0.5, 0.6) is 69.0 Å². The number of isocyanates is 1. The van der Waals surface area contributed by atoms with E-state index in [1.807, 2.05) is 12.1 Å². The van der Waals surface area contributed by atoms with Crippen LogP contribution in [0.25, 0.3) is 0 Å². The Morgan fingerprint density at radius 1 is 0.278 bits per heavy atom. The molecule has 804 valence electrons. The molecule has 5 heterocycles. The van der Waals surface area contributed by atoms with Crippen LogP contribution in [0.15, 0.2) is 114 Å². The maximum absolute atomic E-state index is 13.0. The number of nitrogens with one attached hydrogen (secondary N) is 9. The summed E-state index contributed by atoms with van der Waals surface area (Å²) >= 11 is 27.5. The van der Waals surface area contributed by atoms with E-state index in [1.165, 1.54) is 128 Å². The van der Waals surface area contributed by atoms with Crippen LogP contribution in [0.2, 0.25) is 0 Å². The van der Waals surface area contributed by atoms with Gasteiger partial charge in [0.25, 0.3) is 0 Å². The number of alkyl halides is 5. The summed E-state index contributed by atoms with van der Waals surface area (Å²) in [7, 11) is 0. The van der Waals surface area contributed by atoms with E-state index < -0.39 is 48.7 Å². The molecule has 5 saturated heterocycles. The molecule has 5 aliphatic heterocycles. The van der Waals surface area contributed by atoms with E-state index in [0.717, 1.165) is 163 Å². The lowest BCUT2D eigenvalue weighted by atomic mass is 10.0. The third-order valence-corrected chi connectivity index (χ3v) is 23.7. The zero-order valence-corrected chi connectivity index (χ0v) is 88.8. The van der Waals surface area contributed by atoms with Gasteiger partial charge >= 0.3 is 48.7 Å². The predicted molar refractivity (Wildman–Crippen MR) is 571 cm³/mol. The molecule has 13 N–H and O–H groups in total. The number of unbranched alkanes of at least 4 members (excludes halogenated alkanes) is 3. The van der Waals surface area contributed by atoms with E-state index >= 15 is 0 Å². The molecule has 0 aliphatic carbocycles. The second-order valence-electron chi connectivity index (χ2n) is 33.8. The summed E-state index contributed by atoms with van der Waals surface area (Å²) in [6, 6.07) is 30.2. The first kappa shape index (κ1) is 129. The lowest BCUT2D eigenvalue weighted by molar-refractivity contribution is 0.183. The van der Waals surface area contributed by atoms with E-state index in [1.54, 1.807) is 84.9 Å². The van der Waals surface area contributed by atoms with Crippen LogP contribution in [0, 0.1) is 0 Å². The van der Waals surface area contributed by atoms with Gasteiger partial charge in [-0.2, -0.15) is 0 Å². The van der Waals surface area contributed by atoms with E-state index in [9.17, 15) is 63.6 Å². The number of aliphatic imine (C=N–C) groups is 1. The van der Waals surface area contributed by atoms with E-state index in [2.05, 4.69) is 72.4 Å². The number of piperidine rings is 5. The van der Waals surface area contributed by atoms with Crippen LogP contribution in [0.1, 0.15) is 168 Å². The summed E-state index contributed by atoms with van der Waals surface area (Å²) in [5, 5.41) is 61.8. The van der Waals surface area contributed by atoms with E-state index in [-0.39, 0.29) is 168 Å². The molecule has 0 radical (unpaired) electrons. The largest absolute Gasteiger partial charge is 0.504 e. The summed E-state index contributed by atoms with van der Waals surface area (Å²) < 4.78 is 44.2. The van der Waals surface area contributed by atoms with E-state index in [4.69, 9.17) is 95.9 Å². The number of likely N-dealkylation sites (tertiary alicyclic amines) is 4. The minimum atomic E-state index is -0.743. The van der Waals surface area contributed by atoms with Crippen molar-refractivity contribution in [2.75, 3.05) is 180 Å². The minimum absolute atomic E-state index is 0. The molecule has 5 fully saturated rings. The number of halogens is 9. The van der Waals surface area contributed by atoms with Crippen molar-refractivity contribution in [2.24, 2.45) is 4.99 Å². The van der Waals surface area contributed by atoms with Crippen molar-refractivity contribution in [2.45, 2.75) is 173 Å². The standard InChI is InChI=1S/C48H74N8O8.C28H34Cl4N4O8.C16H18O4.C5H11N.C3H4ClNO.4ClH/c57-45(49-21-33-53-25-7-1-8-26-53)61-41-19-17-39(37-43(41)63-47(59)51-23-35-55-29-11-3-12-30-55)15-5-6-16-40-18-20-42(62-46(58)50-22-34-54-27-9-2-10-28-54)44(38-40)64-48(60)52-24-36-56-31-13-4-14-32-56;29-9-13-33-25(37)41-21-7-5-19(17-23(21)43-27(39)35-15-11-31)3-1-2-4-20-6-8-22(42-26(38)34-14-10-30)24(18-20)44-28(40)36-16-12-32;17-13-7-5-11(9-15(13)19)3-1-2-4-12-6-8-14(18)16(20)10-12;1-2-4-6-5-3-1;4-1-2-5-3-6;;;;/h17-20,37-38H,1-16,21-36H2,(H,49,57)(H,50,58)(H,51,59)(H,52,60);5-8,17-18H,1-4,9-16H2,(H,33,37)(H,34,38)(H,35,39)(H,36,40);5-10,17-20H,1-4H2;6H,1-5H2;1-2H2;4*1H. The molecule has 8 amide bonds. The van der Waals surface area contributed by atoms with Crippen molar-refractivity contribution in [3.05, 3.63) is 143 Å². The number of hydrogen-bond acceptors (Lipinski definition) is 27. The van der Waals surface area contributed by atoms with Crippen molar-refractivity contribution in [3.63, 3.8) is 0 Å². The molecule has 0 spiro atoms. The number of carbonyl (C=O) groups is 8. The number of phenolic OH excluding ortho intramolecular Hbond substituents is 4. The third kappa shape index (κ3) is 55.9. The molecule has 0 bridgehead atoms. The van der Waals surface area contributed by atoms with Gasteiger partial charge in [0.05, 0.1) is 6.54 Å². The van der Waals surface area contributed by atoms with Crippen LogP contribution in [-0.2, 0) is 43.3 Å². The normalized spacial score (nSPS) is 13.8. The van der Waals surface area contributed by atoms with Gasteiger partial charge in [-0.3, -0.25) is 0 Å². The van der Waals surface area contributed by atoms with Gasteiger partial charge in [-0.1, -0.05) is 68.5 Å². The first-order valence-electron chi connectivity index (χ1n) is 48.8. The Morgan fingerprint density at radius 3 is 0.674 bits per heavy atom. The highest BCUT2D eigenvalue weighted by Crippen LogP contribution is 2.36. The Balaban J connectivity index is 0.000000570. The first-order chi connectivity index (χ1) is 68.1. The molecule has 0 aromatic heterocycles. The smallest absolute Gasteiger partial charge is 0.412 e. The fourth-order valence-corrected chi connectivity index (χ4v) is 15.9. The summed E-state index contributed by atoms with van der Waals surface area (Å²) in [6.07, 6.45) is 23.8. The quantitative estimate of drug-likeness (QED) is 0.00555. The van der Waals surface area contributed by atoms with Gasteiger partial charge in [0.15, 0.2) is 69.0 Å². The van der Waals surface area contributed by atoms with Gasteiger partial charge < -0.3 is 126 Å². The van der Waals surface area contributed by atoms with Crippen LogP contribution < -0.4 is 85.7 Å². The summed E-state index contributed by atoms with van der Waals surface area (Å²) in [5.74, 6) is 1.79. The number of benzene rings is 6. The number of aromatic hydroxyl groups is 4. The number of nitrogens with zero attached hydrogens (tertiary/aromatic N) is 5. The Kier molecular flexibility index (Phi) is 70.3. The molecule has 44 heteroatoms. The number of phenols is 4. The van der Waals surface area contributed by atoms with Gasteiger partial charge in [-0.25, -0.2) is 48.1 Å². The highest BCUT2D eigenvalue weighted by Gasteiger charge is 2.24. The van der Waals surface area contributed by atoms with E-state index in [0.29, 0.717) is 64.3 Å². The molecule has 5 aliphatic rings. The Morgan fingerprint density at radius 2 is 0.486 bits per heavy atom. The van der Waals surface area contributed by atoms with Crippen LogP contribution in [-0.4, -0.2) is 275 Å². The summed E-state index contributed by atoms with van der Waals surface area (Å²) in [6.45, 7) is 16.9. The number of rotatable bonds is 45. The van der Waals surface area contributed by atoms with Gasteiger partial charge in [0.2, 0.25) is 6.08 Å². The summed E-state index contributed by atoms with van der Waals surface area (Å²) in [4.78, 5) is 122. The Hall–Kier alpha value is -9.53. The fraction of sp³-hybridized carbons (Fsp3) is 0.550. The Labute approximate surface area is 895 Å². The third-order valence-electron chi connectivity index (χ3n) is 22.8. The molecule has 11 rings (SSSR count). The van der Waals surface area contributed by atoms with Crippen molar-refractivity contribution in [3.8, 4) is 69.0 Å². The molecular weight excluding hydrogens is 2050 g/mol. The summed E-state index contributed by atoms with van der Waals surface area (Å²) in [5.41, 5.74) is 5.49. The van der Waals surface area contributed by atoms with Gasteiger partial charge in [0.1, 0.15) is 0 Å². The van der Waals surface area contributed by atoms with Gasteiger partial charge in [-0.15, -0.1) is 108 Å². The van der Waals surface area contributed by atoms with Crippen molar-refractivity contribution >= 4 is 162 Å². The number of carbonyl (C=O) groups excluding carboxylic acids is 9. The predicted octanol–water partition coefficient (Wildman–Crippen LogP) is 18.2. The first-order valence-corrected chi connectivity index (χ1v) is 51.4. The van der Waals surface area contributed by atoms with Crippen molar-refractivity contribution < 1.29 is 101 Å².